The normalized spacial score (nSPS) is 19.5. The van der Waals surface area contributed by atoms with E-state index in [1.54, 1.807) is 35.8 Å². The molecule has 0 N–H and O–H groups in total. The SMILES string of the molecule is Cc1ccc(N2CCN(C(=O)C(C)(C)C)[C@H](C)C2=O)cc1F. The molecule has 1 aliphatic rings. The van der Waals surface area contributed by atoms with E-state index >= 15 is 0 Å². The van der Waals surface area contributed by atoms with Crippen LogP contribution in [0.25, 0.3) is 0 Å². The molecular weight excluding hydrogens is 283 g/mol. The lowest BCUT2D eigenvalue weighted by atomic mass is 9.93. The summed E-state index contributed by atoms with van der Waals surface area (Å²) in [7, 11) is 0. The van der Waals surface area contributed by atoms with Crippen LogP contribution in [0.15, 0.2) is 18.2 Å². The highest BCUT2D eigenvalue weighted by Crippen LogP contribution is 2.26. The number of aryl methyl sites for hydroxylation is 1. The summed E-state index contributed by atoms with van der Waals surface area (Å²) in [4.78, 5) is 28.2. The second kappa shape index (κ2) is 5.71. The zero-order valence-electron chi connectivity index (χ0n) is 13.8. The molecule has 0 aromatic heterocycles. The molecule has 2 amide bonds. The van der Waals surface area contributed by atoms with E-state index < -0.39 is 11.5 Å². The smallest absolute Gasteiger partial charge is 0.249 e. The molecule has 0 radical (unpaired) electrons. The number of hydrogen-bond acceptors (Lipinski definition) is 2. The summed E-state index contributed by atoms with van der Waals surface area (Å²) in [5, 5.41) is 0. The quantitative estimate of drug-likeness (QED) is 0.800. The standard InChI is InChI=1S/C17H23FN2O2/c1-11-6-7-13(10-14(11)18)20-9-8-19(12(2)15(20)21)16(22)17(3,4)5/h6-7,10,12H,8-9H2,1-5H3/t12-/m1/s1. The molecular formula is C17H23FN2O2. The van der Waals surface area contributed by atoms with Crippen molar-refractivity contribution < 1.29 is 14.0 Å². The molecule has 5 heteroatoms. The minimum Gasteiger partial charge on any atom is -0.329 e. The molecule has 2 rings (SSSR count). The molecule has 0 bridgehead atoms. The topological polar surface area (TPSA) is 40.6 Å². The van der Waals surface area contributed by atoms with Gasteiger partial charge in [-0.25, -0.2) is 4.39 Å². The number of amides is 2. The molecule has 1 saturated heterocycles. The number of carbonyl (C=O) groups excluding carboxylic acids is 2. The number of rotatable bonds is 1. The lowest BCUT2D eigenvalue weighted by Crippen LogP contribution is -2.59. The number of nitrogens with zero attached hydrogens (tertiary/aromatic N) is 2. The maximum absolute atomic E-state index is 13.7. The Balaban J connectivity index is 2.22. The molecule has 0 saturated carbocycles. The number of carbonyl (C=O) groups is 2. The van der Waals surface area contributed by atoms with Gasteiger partial charge in [0.2, 0.25) is 11.8 Å². The summed E-state index contributed by atoms with van der Waals surface area (Å²) in [5.74, 6) is -0.540. The third-order valence-corrected chi connectivity index (χ3v) is 4.02. The molecule has 120 valence electrons. The Hall–Kier alpha value is -1.91. The van der Waals surface area contributed by atoms with Crippen molar-refractivity contribution in [3.63, 3.8) is 0 Å². The first-order valence-electron chi connectivity index (χ1n) is 7.51. The Morgan fingerprint density at radius 3 is 2.45 bits per heavy atom. The van der Waals surface area contributed by atoms with Gasteiger partial charge in [0.1, 0.15) is 11.9 Å². The zero-order valence-corrected chi connectivity index (χ0v) is 13.8. The molecule has 1 fully saturated rings. The molecule has 1 aromatic carbocycles. The summed E-state index contributed by atoms with van der Waals surface area (Å²) in [6.45, 7) is 9.77. The largest absolute Gasteiger partial charge is 0.329 e. The second-order valence-corrected chi connectivity index (χ2v) is 6.85. The monoisotopic (exact) mass is 306 g/mol. The molecule has 0 spiro atoms. The fraction of sp³-hybridized carbons (Fsp3) is 0.529. The summed E-state index contributed by atoms with van der Waals surface area (Å²) in [6.07, 6.45) is 0. The van der Waals surface area contributed by atoms with Gasteiger partial charge in [0.05, 0.1) is 0 Å². The van der Waals surface area contributed by atoms with Crippen molar-refractivity contribution in [2.24, 2.45) is 5.41 Å². The molecule has 1 heterocycles. The van der Waals surface area contributed by atoms with Gasteiger partial charge in [-0.2, -0.15) is 0 Å². The van der Waals surface area contributed by atoms with Crippen LogP contribution < -0.4 is 4.90 Å². The number of halogens is 1. The Morgan fingerprint density at radius 2 is 1.91 bits per heavy atom. The maximum atomic E-state index is 13.7. The molecule has 0 unspecified atom stereocenters. The van der Waals surface area contributed by atoms with E-state index in [0.29, 0.717) is 24.3 Å². The van der Waals surface area contributed by atoms with E-state index in [1.165, 1.54) is 6.07 Å². The van der Waals surface area contributed by atoms with Gasteiger partial charge >= 0.3 is 0 Å². The van der Waals surface area contributed by atoms with E-state index in [9.17, 15) is 14.0 Å². The van der Waals surface area contributed by atoms with Crippen molar-refractivity contribution in [1.29, 1.82) is 0 Å². The van der Waals surface area contributed by atoms with E-state index in [4.69, 9.17) is 0 Å². The van der Waals surface area contributed by atoms with E-state index in [-0.39, 0.29) is 17.6 Å². The third kappa shape index (κ3) is 2.98. The minimum atomic E-state index is -0.537. The summed E-state index contributed by atoms with van der Waals surface area (Å²) < 4.78 is 13.7. The van der Waals surface area contributed by atoms with Gasteiger partial charge in [0.15, 0.2) is 0 Å². The molecule has 4 nitrogen and oxygen atoms in total. The predicted octanol–water partition coefficient (Wildman–Crippen LogP) is 2.74. The van der Waals surface area contributed by atoms with Crippen molar-refractivity contribution >= 4 is 17.5 Å². The molecule has 1 aliphatic heterocycles. The van der Waals surface area contributed by atoms with Crippen molar-refractivity contribution in [2.75, 3.05) is 18.0 Å². The van der Waals surface area contributed by atoms with Crippen molar-refractivity contribution in [3.8, 4) is 0 Å². The number of benzene rings is 1. The maximum Gasteiger partial charge on any atom is 0.249 e. The Bertz CT molecular complexity index is 607. The first kappa shape index (κ1) is 16.5. The number of hydrogen-bond donors (Lipinski definition) is 0. The van der Waals surface area contributed by atoms with Crippen LogP contribution in [0.2, 0.25) is 0 Å². The van der Waals surface area contributed by atoms with E-state index in [1.807, 2.05) is 20.8 Å². The average molecular weight is 306 g/mol. The summed E-state index contributed by atoms with van der Waals surface area (Å²) in [6, 6.07) is 4.24. The van der Waals surface area contributed by atoms with Crippen LogP contribution in [0.3, 0.4) is 0 Å². The molecule has 22 heavy (non-hydrogen) atoms. The van der Waals surface area contributed by atoms with Gasteiger partial charge in [-0.05, 0) is 31.5 Å². The highest BCUT2D eigenvalue weighted by molar-refractivity contribution is 6.00. The van der Waals surface area contributed by atoms with E-state index in [0.717, 1.165) is 0 Å². The van der Waals surface area contributed by atoms with Gasteiger partial charge in [0, 0.05) is 24.2 Å². The average Bonchev–Trinajstić information content (AvgIpc) is 2.43. The first-order chi connectivity index (χ1) is 10.1. The van der Waals surface area contributed by atoms with Gasteiger partial charge in [-0.15, -0.1) is 0 Å². The van der Waals surface area contributed by atoms with Crippen LogP contribution in [0.5, 0.6) is 0 Å². The lowest BCUT2D eigenvalue weighted by Gasteiger charge is -2.41. The number of piperazine rings is 1. The van der Waals surface area contributed by atoms with Crippen LogP contribution in [-0.4, -0.2) is 35.8 Å². The van der Waals surface area contributed by atoms with Gasteiger partial charge in [-0.3, -0.25) is 9.59 Å². The highest BCUT2D eigenvalue weighted by Gasteiger charge is 2.38. The highest BCUT2D eigenvalue weighted by atomic mass is 19.1. The second-order valence-electron chi connectivity index (χ2n) is 6.85. The van der Waals surface area contributed by atoms with Crippen molar-refractivity contribution in [2.45, 2.75) is 40.7 Å². The zero-order chi connectivity index (χ0) is 16.7. The third-order valence-electron chi connectivity index (χ3n) is 4.02. The summed E-state index contributed by atoms with van der Waals surface area (Å²) >= 11 is 0. The van der Waals surface area contributed by atoms with Gasteiger partial charge < -0.3 is 9.80 Å². The molecule has 0 aliphatic carbocycles. The van der Waals surface area contributed by atoms with Crippen molar-refractivity contribution in [1.82, 2.24) is 4.90 Å². The number of anilines is 1. The van der Waals surface area contributed by atoms with Crippen molar-refractivity contribution in [3.05, 3.63) is 29.6 Å². The summed E-state index contributed by atoms with van der Waals surface area (Å²) in [5.41, 5.74) is 0.570. The van der Waals surface area contributed by atoms with Gasteiger partial charge in [0.25, 0.3) is 0 Å². The van der Waals surface area contributed by atoms with Crippen LogP contribution in [0.4, 0.5) is 10.1 Å². The van der Waals surface area contributed by atoms with E-state index in [2.05, 4.69) is 0 Å². The lowest BCUT2D eigenvalue weighted by molar-refractivity contribution is -0.147. The Kier molecular flexibility index (Phi) is 4.27. The molecule has 1 atom stereocenters. The fourth-order valence-corrected chi connectivity index (χ4v) is 2.58. The molecule has 1 aromatic rings. The Labute approximate surface area is 130 Å². The van der Waals surface area contributed by atoms with Crippen LogP contribution in [0, 0.1) is 18.2 Å². The van der Waals surface area contributed by atoms with Gasteiger partial charge in [-0.1, -0.05) is 26.8 Å². The fourth-order valence-electron chi connectivity index (χ4n) is 2.58. The Morgan fingerprint density at radius 1 is 1.27 bits per heavy atom. The predicted molar refractivity (Wildman–Crippen MR) is 84.1 cm³/mol. The van der Waals surface area contributed by atoms with Crippen LogP contribution in [0.1, 0.15) is 33.3 Å². The van der Waals surface area contributed by atoms with Crippen LogP contribution in [-0.2, 0) is 9.59 Å². The minimum absolute atomic E-state index is 0.0388. The first-order valence-corrected chi connectivity index (χ1v) is 7.51. The van der Waals surface area contributed by atoms with Crippen LogP contribution >= 0.6 is 0 Å².